The third-order valence-electron chi connectivity index (χ3n) is 2.91. The van der Waals surface area contributed by atoms with Crippen LogP contribution in [0.15, 0.2) is 18.2 Å². The van der Waals surface area contributed by atoms with Crippen molar-refractivity contribution in [3.8, 4) is 0 Å². The largest absolute Gasteiger partial charge is 0.330 e. The molecule has 0 atom stereocenters. The van der Waals surface area contributed by atoms with Gasteiger partial charge < -0.3 is 11.1 Å². The summed E-state index contributed by atoms with van der Waals surface area (Å²) in [5, 5.41) is 3.43. The van der Waals surface area contributed by atoms with Gasteiger partial charge in [-0.2, -0.15) is 0 Å². The number of hydrogen-bond acceptors (Lipinski definition) is 2. The number of hydrogen-bond donors (Lipinski definition) is 2. The first-order valence-electron chi connectivity index (χ1n) is 6.15. The quantitative estimate of drug-likeness (QED) is 0.723. The van der Waals surface area contributed by atoms with Gasteiger partial charge in [0, 0.05) is 6.54 Å². The molecule has 16 heavy (non-hydrogen) atoms. The van der Waals surface area contributed by atoms with Crippen LogP contribution in [0.1, 0.15) is 42.9 Å². The first-order valence-corrected chi connectivity index (χ1v) is 6.15. The molecule has 0 heterocycles. The second-order valence-electron chi connectivity index (χ2n) is 4.66. The van der Waals surface area contributed by atoms with E-state index in [4.69, 9.17) is 5.73 Å². The third kappa shape index (κ3) is 3.95. The Morgan fingerprint density at radius 2 is 2.06 bits per heavy atom. The summed E-state index contributed by atoms with van der Waals surface area (Å²) in [4.78, 5) is 0. The molecule has 0 aliphatic carbocycles. The van der Waals surface area contributed by atoms with Crippen LogP contribution < -0.4 is 11.1 Å². The molecule has 0 saturated heterocycles. The Balaban J connectivity index is 2.60. The summed E-state index contributed by atoms with van der Waals surface area (Å²) < 4.78 is 0. The number of rotatable bonds is 6. The lowest BCUT2D eigenvalue weighted by Crippen LogP contribution is -2.18. The molecule has 2 heteroatoms. The zero-order valence-electron chi connectivity index (χ0n) is 10.7. The number of nitrogens with two attached hydrogens (primary N) is 1. The monoisotopic (exact) mass is 220 g/mol. The average Bonchev–Trinajstić information content (AvgIpc) is 2.26. The van der Waals surface area contributed by atoms with E-state index in [0.717, 1.165) is 26.1 Å². The van der Waals surface area contributed by atoms with Crippen molar-refractivity contribution in [1.29, 1.82) is 0 Å². The Hall–Kier alpha value is -0.860. The average molecular weight is 220 g/mol. The number of nitrogens with one attached hydrogen (secondary N) is 1. The highest BCUT2D eigenvalue weighted by Gasteiger charge is 2.03. The van der Waals surface area contributed by atoms with Gasteiger partial charge in [-0.3, -0.25) is 0 Å². The van der Waals surface area contributed by atoms with Crippen LogP contribution in [0.5, 0.6) is 0 Å². The molecule has 0 radical (unpaired) electrons. The number of aryl methyl sites for hydroxylation is 1. The van der Waals surface area contributed by atoms with Gasteiger partial charge in [-0.15, -0.1) is 0 Å². The molecule has 0 aliphatic rings. The summed E-state index contributed by atoms with van der Waals surface area (Å²) in [5.74, 6) is 0.600. The summed E-state index contributed by atoms with van der Waals surface area (Å²) in [5.41, 5.74) is 9.65. The SMILES string of the molecule is Cc1ccc(C(C)C)cc1CNCCCN. The minimum absolute atomic E-state index is 0.600. The fourth-order valence-electron chi connectivity index (χ4n) is 1.69. The first kappa shape index (κ1) is 13.2. The van der Waals surface area contributed by atoms with Crippen molar-refractivity contribution in [1.82, 2.24) is 5.32 Å². The zero-order valence-corrected chi connectivity index (χ0v) is 10.7. The maximum Gasteiger partial charge on any atom is 0.0208 e. The smallest absolute Gasteiger partial charge is 0.0208 e. The second kappa shape index (κ2) is 6.66. The van der Waals surface area contributed by atoms with Crippen LogP contribution in [-0.4, -0.2) is 13.1 Å². The van der Waals surface area contributed by atoms with Gasteiger partial charge in [0.2, 0.25) is 0 Å². The van der Waals surface area contributed by atoms with Crippen molar-refractivity contribution in [3.05, 3.63) is 34.9 Å². The Morgan fingerprint density at radius 1 is 1.31 bits per heavy atom. The van der Waals surface area contributed by atoms with Crippen LogP contribution in [0.25, 0.3) is 0 Å². The van der Waals surface area contributed by atoms with Gasteiger partial charge in [-0.25, -0.2) is 0 Å². The van der Waals surface area contributed by atoms with Gasteiger partial charge in [0.25, 0.3) is 0 Å². The maximum absolute atomic E-state index is 5.46. The second-order valence-corrected chi connectivity index (χ2v) is 4.66. The molecule has 1 aromatic rings. The molecule has 0 bridgehead atoms. The molecule has 0 saturated carbocycles. The molecule has 0 amide bonds. The van der Waals surface area contributed by atoms with E-state index in [0.29, 0.717) is 5.92 Å². The number of benzene rings is 1. The Labute approximate surface area is 99.2 Å². The van der Waals surface area contributed by atoms with E-state index in [9.17, 15) is 0 Å². The Kier molecular flexibility index (Phi) is 5.50. The summed E-state index contributed by atoms with van der Waals surface area (Å²) in [6, 6.07) is 6.76. The van der Waals surface area contributed by atoms with Gasteiger partial charge in [0.05, 0.1) is 0 Å². The van der Waals surface area contributed by atoms with Crippen LogP contribution in [0, 0.1) is 6.92 Å². The van der Waals surface area contributed by atoms with Crippen LogP contribution >= 0.6 is 0 Å². The molecule has 90 valence electrons. The summed E-state index contributed by atoms with van der Waals surface area (Å²) >= 11 is 0. The van der Waals surface area contributed by atoms with E-state index in [1.807, 2.05) is 0 Å². The molecule has 0 aromatic heterocycles. The van der Waals surface area contributed by atoms with E-state index >= 15 is 0 Å². The van der Waals surface area contributed by atoms with Gasteiger partial charge in [0.1, 0.15) is 0 Å². The molecule has 0 spiro atoms. The highest BCUT2D eigenvalue weighted by Crippen LogP contribution is 2.18. The van der Waals surface area contributed by atoms with Crippen molar-refractivity contribution in [2.75, 3.05) is 13.1 Å². The van der Waals surface area contributed by atoms with Crippen molar-refractivity contribution in [2.45, 2.75) is 39.7 Å². The van der Waals surface area contributed by atoms with Gasteiger partial charge >= 0.3 is 0 Å². The topological polar surface area (TPSA) is 38.0 Å². The van der Waals surface area contributed by atoms with Gasteiger partial charge in [-0.05, 0) is 49.0 Å². The van der Waals surface area contributed by atoms with E-state index in [1.54, 1.807) is 0 Å². The van der Waals surface area contributed by atoms with Crippen LogP contribution in [0.2, 0.25) is 0 Å². The maximum atomic E-state index is 5.46. The summed E-state index contributed by atoms with van der Waals surface area (Å²) in [6.07, 6.45) is 1.04. The molecular formula is C14H24N2. The van der Waals surface area contributed by atoms with E-state index in [-0.39, 0.29) is 0 Å². The van der Waals surface area contributed by atoms with Crippen molar-refractivity contribution in [2.24, 2.45) is 5.73 Å². The molecular weight excluding hydrogens is 196 g/mol. The van der Waals surface area contributed by atoms with E-state index < -0.39 is 0 Å². The lowest BCUT2D eigenvalue weighted by molar-refractivity contribution is 0.652. The molecule has 1 rings (SSSR count). The van der Waals surface area contributed by atoms with Crippen molar-refractivity contribution in [3.63, 3.8) is 0 Å². The van der Waals surface area contributed by atoms with Crippen LogP contribution in [0.3, 0.4) is 0 Å². The molecule has 3 N–H and O–H groups in total. The fourth-order valence-corrected chi connectivity index (χ4v) is 1.69. The van der Waals surface area contributed by atoms with E-state index in [1.165, 1.54) is 16.7 Å². The minimum atomic E-state index is 0.600. The van der Waals surface area contributed by atoms with E-state index in [2.05, 4.69) is 44.3 Å². The third-order valence-corrected chi connectivity index (χ3v) is 2.91. The molecule has 1 aromatic carbocycles. The minimum Gasteiger partial charge on any atom is -0.330 e. The van der Waals surface area contributed by atoms with Crippen molar-refractivity contribution >= 4 is 0 Å². The summed E-state index contributed by atoms with van der Waals surface area (Å²) in [6.45, 7) is 9.35. The molecule has 0 unspecified atom stereocenters. The highest BCUT2D eigenvalue weighted by molar-refractivity contribution is 5.32. The first-order chi connectivity index (χ1) is 7.65. The van der Waals surface area contributed by atoms with Crippen molar-refractivity contribution < 1.29 is 0 Å². The van der Waals surface area contributed by atoms with Gasteiger partial charge in [0.15, 0.2) is 0 Å². The lowest BCUT2D eigenvalue weighted by atomic mass is 9.98. The highest BCUT2D eigenvalue weighted by atomic mass is 14.8. The molecule has 0 fully saturated rings. The van der Waals surface area contributed by atoms with Crippen LogP contribution in [0.4, 0.5) is 0 Å². The Morgan fingerprint density at radius 3 is 2.69 bits per heavy atom. The predicted molar refractivity (Wildman–Crippen MR) is 70.6 cm³/mol. The Bertz CT molecular complexity index is 319. The molecule has 2 nitrogen and oxygen atoms in total. The van der Waals surface area contributed by atoms with Crippen LogP contribution in [-0.2, 0) is 6.54 Å². The predicted octanol–water partition coefficient (Wildman–Crippen LogP) is 2.56. The fraction of sp³-hybridized carbons (Fsp3) is 0.571. The zero-order chi connectivity index (χ0) is 12.0. The molecule has 0 aliphatic heterocycles. The summed E-state index contributed by atoms with van der Waals surface area (Å²) in [7, 11) is 0. The standard InChI is InChI=1S/C14H24N2/c1-11(2)13-6-5-12(3)14(9-13)10-16-8-4-7-15/h5-6,9,11,16H,4,7-8,10,15H2,1-3H3. The lowest BCUT2D eigenvalue weighted by Gasteiger charge is -2.12. The van der Waals surface area contributed by atoms with Gasteiger partial charge in [-0.1, -0.05) is 32.0 Å². The normalized spacial score (nSPS) is 11.1.